The van der Waals surface area contributed by atoms with Crippen LogP contribution in [0.3, 0.4) is 0 Å². The zero-order valence-corrected chi connectivity index (χ0v) is 9.98. The summed E-state index contributed by atoms with van der Waals surface area (Å²) >= 11 is 0. The Kier molecular flexibility index (Phi) is 2.96. The summed E-state index contributed by atoms with van der Waals surface area (Å²) in [6.45, 7) is 0.708. The highest BCUT2D eigenvalue weighted by Crippen LogP contribution is 2.29. The topological polar surface area (TPSA) is 91.3 Å². The summed E-state index contributed by atoms with van der Waals surface area (Å²) < 4.78 is 10.6. The molecule has 98 valence electrons. The number of nitro groups is 1. The standard InChI is InChI=1S/C12H11N3O4/c16-15(17)9-5-3-8(4-6-9)11-13-12(19-14-11)10-2-1-7-18-10/h3-6,10H,1-2,7H2. The Morgan fingerprint density at radius 1 is 1.32 bits per heavy atom. The molecule has 7 nitrogen and oxygen atoms in total. The summed E-state index contributed by atoms with van der Waals surface area (Å²) in [6.07, 6.45) is 1.74. The van der Waals surface area contributed by atoms with Crippen molar-refractivity contribution in [2.24, 2.45) is 0 Å². The summed E-state index contributed by atoms with van der Waals surface area (Å²) in [6, 6.07) is 6.03. The van der Waals surface area contributed by atoms with Crippen molar-refractivity contribution >= 4 is 5.69 Å². The van der Waals surface area contributed by atoms with Gasteiger partial charge in [-0.3, -0.25) is 10.1 Å². The van der Waals surface area contributed by atoms with Crippen LogP contribution in [-0.2, 0) is 4.74 Å². The third-order valence-corrected chi connectivity index (χ3v) is 2.98. The van der Waals surface area contributed by atoms with Crippen LogP contribution >= 0.6 is 0 Å². The van der Waals surface area contributed by atoms with E-state index in [1.54, 1.807) is 12.1 Å². The van der Waals surface area contributed by atoms with Crippen LogP contribution in [0, 0.1) is 10.1 Å². The van der Waals surface area contributed by atoms with Gasteiger partial charge in [-0.25, -0.2) is 0 Å². The molecule has 0 N–H and O–H groups in total. The van der Waals surface area contributed by atoms with Crippen LogP contribution in [0.5, 0.6) is 0 Å². The van der Waals surface area contributed by atoms with E-state index in [1.807, 2.05) is 0 Å². The highest BCUT2D eigenvalue weighted by Gasteiger charge is 2.24. The van der Waals surface area contributed by atoms with Crippen molar-refractivity contribution in [3.63, 3.8) is 0 Å². The minimum Gasteiger partial charge on any atom is -0.368 e. The maximum atomic E-state index is 10.6. The van der Waals surface area contributed by atoms with Gasteiger partial charge in [0.25, 0.3) is 11.6 Å². The van der Waals surface area contributed by atoms with E-state index in [4.69, 9.17) is 9.26 Å². The van der Waals surface area contributed by atoms with Crippen LogP contribution in [0.25, 0.3) is 11.4 Å². The predicted octanol–water partition coefficient (Wildman–Crippen LogP) is 2.50. The monoisotopic (exact) mass is 261 g/mol. The molecule has 0 amide bonds. The lowest BCUT2D eigenvalue weighted by Crippen LogP contribution is -1.95. The van der Waals surface area contributed by atoms with E-state index >= 15 is 0 Å². The normalized spacial score (nSPS) is 18.6. The Balaban J connectivity index is 1.83. The average Bonchev–Trinajstić information content (AvgIpc) is 3.10. The lowest BCUT2D eigenvalue weighted by Gasteiger charge is -2.00. The summed E-state index contributed by atoms with van der Waals surface area (Å²) in [5, 5.41) is 14.4. The molecule has 0 radical (unpaired) electrons. The highest BCUT2D eigenvalue weighted by atomic mass is 16.6. The minimum atomic E-state index is -0.447. The van der Waals surface area contributed by atoms with Crippen LogP contribution in [-0.4, -0.2) is 21.7 Å². The summed E-state index contributed by atoms with van der Waals surface area (Å²) in [4.78, 5) is 14.4. The van der Waals surface area contributed by atoms with Crippen molar-refractivity contribution in [1.29, 1.82) is 0 Å². The molecule has 0 spiro atoms. The number of hydrogen-bond acceptors (Lipinski definition) is 6. The third-order valence-electron chi connectivity index (χ3n) is 2.98. The number of aromatic nitrogens is 2. The summed E-state index contributed by atoms with van der Waals surface area (Å²) in [5.74, 6) is 0.881. The van der Waals surface area contributed by atoms with E-state index in [2.05, 4.69) is 10.1 Å². The second kappa shape index (κ2) is 4.77. The fraction of sp³-hybridized carbons (Fsp3) is 0.333. The quantitative estimate of drug-likeness (QED) is 0.622. The number of non-ortho nitro benzene ring substituents is 1. The maximum absolute atomic E-state index is 10.6. The van der Waals surface area contributed by atoms with E-state index in [-0.39, 0.29) is 11.8 Å². The number of nitro benzene ring substituents is 1. The van der Waals surface area contributed by atoms with Gasteiger partial charge in [-0.2, -0.15) is 4.98 Å². The molecular formula is C12H11N3O4. The van der Waals surface area contributed by atoms with Crippen molar-refractivity contribution in [1.82, 2.24) is 10.1 Å². The smallest absolute Gasteiger partial charge is 0.269 e. The first-order valence-corrected chi connectivity index (χ1v) is 5.94. The van der Waals surface area contributed by atoms with Gasteiger partial charge in [0.05, 0.1) is 4.92 Å². The predicted molar refractivity (Wildman–Crippen MR) is 64.3 cm³/mol. The van der Waals surface area contributed by atoms with E-state index in [0.717, 1.165) is 12.8 Å². The van der Waals surface area contributed by atoms with Crippen LogP contribution in [0.4, 0.5) is 5.69 Å². The van der Waals surface area contributed by atoms with Gasteiger partial charge in [-0.05, 0) is 25.0 Å². The van der Waals surface area contributed by atoms with Gasteiger partial charge in [-0.1, -0.05) is 5.16 Å². The number of rotatable bonds is 3. The first-order chi connectivity index (χ1) is 9.24. The molecule has 1 aromatic carbocycles. The van der Waals surface area contributed by atoms with Crippen LogP contribution < -0.4 is 0 Å². The van der Waals surface area contributed by atoms with E-state index in [0.29, 0.717) is 23.9 Å². The maximum Gasteiger partial charge on any atom is 0.269 e. The highest BCUT2D eigenvalue weighted by molar-refractivity contribution is 5.56. The number of nitrogens with zero attached hydrogens (tertiary/aromatic N) is 3. The molecule has 0 aliphatic carbocycles. The first kappa shape index (κ1) is 11.8. The molecule has 7 heteroatoms. The van der Waals surface area contributed by atoms with Crippen molar-refractivity contribution in [2.45, 2.75) is 18.9 Å². The minimum absolute atomic E-state index is 0.0339. The van der Waals surface area contributed by atoms with Crippen LogP contribution in [0.15, 0.2) is 28.8 Å². The van der Waals surface area contributed by atoms with Gasteiger partial charge in [-0.15, -0.1) is 0 Å². The second-order valence-electron chi connectivity index (χ2n) is 4.26. The molecule has 2 aromatic rings. The van der Waals surface area contributed by atoms with E-state index < -0.39 is 4.92 Å². The molecule has 1 atom stereocenters. The molecule has 19 heavy (non-hydrogen) atoms. The molecule has 1 fully saturated rings. The molecule has 1 aliphatic rings. The third kappa shape index (κ3) is 2.32. The van der Waals surface area contributed by atoms with Gasteiger partial charge < -0.3 is 9.26 Å². The van der Waals surface area contributed by atoms with Crippen LogP contribution in [0.1, 0.15) is 24.8 Å². The molecule has 1 aliphatic heterocycles. The number of hydrogen-bond donors (Lipinski definition) is 0. The molecule has 1 unspecified atom stereocenters. The SMILES string of the molecule is O=[N+]([O-])c1ccc(-c2noc(C3CCCO3)n2)cc1. The first-order valence-electron chi connectivity index (χ1n) is 5.94. The largest absolute Gasteiger partial charge is 0.368 e. The van der Waals surface area contributed by atoms with Gasteiger partial charge in [0, 0.05) is 24.3 Å². The molecule has 2 heterocycles. The Hall–Kier alpha value is -2.28. The Morgan fingerprint density at radius 2 is 2.11 bits per heavy atom. The average molecular weight is 261 g/mol. The molecule has 0 bridgehead atoms. The number of benzene rings is 1. The van der Waals surface area contributed by atoms with Gasteiger partial charge in [0.1, 0.15) is 6.10 Å². The Labute approximate surface area is 108 Å². The van der Waals surface area contributed by atoms with Crippen molar-refractivity contribution in [3.8, 4) is 11.4 Å². The Morgan fingerprint density at radius 3 is 2.74 bits per heavy atom. The lowest BCUT2D eigenvalue weighted by atomic mass is 10.2. The molecule has 1 saturated heterocycles. The summed E-state index contributed by atoms with van der Waals surface area (Å²) in [7, 11) is 0. The van der Waals surface area contributed by atoms with Gasteiger partial charge >= 0.3 is 0 Å². The van der Waals surface area contributed by atoms with Crippen molar-refractivity contribution in [2.75, 3.05) is 6.61 Å². The molecule has 3 rings (SSSR count). The fourth-order valence-electron chi connectivity index (χ4n) is 1.99. The van der Waals surface area contributed by atoms with Gasteiger partial charge in [0.2, 0.25) is 5.82 Å². The zero-order chi connectivity index (χ0) is 13.2. The van der Waals surface area contributed by atoms with E-state index in [9.17, 15) is 10.1 Å². The Bertz CT molecular complexity index is 587. The second-order valence-corrected chi connectivity index (χ2v) is 4.26. The van der Waals surface area contributed by atoms with Crippen molar-refractivity contribution < 1.29 is 14.2 Å². The van der Waals surface area contributed by atoms with E-state index in [1.165, 1.54) is 12.1 Å². The lowest BCUT2D eigenvalue weighted by molar-refractivity contribution is -0.384. The molecule has 1 aromatic heterocycles. The fourth-order valence-corrected chi connectivity index (χ4v) is 1.99. The van der Waals surface area contributed by atoms with Crippen molar-refractivity contribution in [3.05, 3.63) is 40.3 Å². The summed E-state index contributed by atoms with van der Waals surface area (Å²) in [5.41, 5.74) is 0.713. The van der Waals surface area contributed by atoms with Crippen LogP contribution in [0.2, 0.25) is 0 Å². The van der Waals surface area contributed by atoms with Gasteiger partial charge in [0.15, 0.2) is 0 Å². The molecular weight excluding hydrogens is 250 g/mol. The molecule has 0 saturated carbocycles. The number of ether oxygens (including phenoxy) is 1. The zero-order valence-electron chi connectivity index (χ0n) is 9.98.